The molecule has 0 aromatic heterocycles. The molecule has 0 aliphatic heterocycles. The van der Waals surface area contributed by atoms with Crippen LogP contribution in [0.15, 0.2) is 0 Å². The summed E-state index contributed by atoms with van der Waals surface area (Å²) in [5.41, 5.74) is -0.0564. The molecule has 1 unspecified atom stereocenters. The standard InChI is InChI=1S/C22H44O2/c1-8-12-14-15-17-22(24-19(5)23,20(10-3)11-4)18-21(6,7)16-13-9-2/h20H,8-18H2,1-7H3. The Kier molecular flexibility index (Phi) is 11.7. The molecule has 0 aliphatic carbocycles. The summed E-state index contributed by atoms with van der Waals surface area (Å²) in [7, 11) is 0. The summed E-state index contributed by atoms with van der Waals surface area (Å²) in [6.07, 6.45) is 12.8. The molecule has 2 nitrogen and oxygen atoms in total. The third kappa shape index (κ3) is 8.53. The molecule has 0 spiro atoms. The topological polar surface area (TPSA) is 26.3 Å². The molecule has 0 aliphatic rings. The number of carbonyl (C=O) groups is 1. The maximum Gasteiger partial charge on any atom is 0.303 e. The molecule has 0 heterocycles. The van der Waals surface area contributed by atoms with E-state index in [0.717, 1.165) is 25.7 Å². The first-order chi connectivity index (χ1) is 11.3. The Balaban J connectivity index is 5.39. The minimum absolute atomic E-state index is 0.108. The van der Waals surface area contributed by atoms with Gasteiger partial charge in [-0.15, -0.1) is 0 Å². The first-order valence-corrected chi connectivity index (χ1v) is 10.5. The molecule has 0 aromatic rings. The number of unbranched alkanes of at least 4 members (excludes halogenated alkanes) is 4. The van der Waals surface area contributed by atoms with Gasteiger partial charge >= 0.3 is 5.97 Å². The van der Waals surface area contributed by atoms with Crippen molar-refractivity contribution in [2.45, 2.75) is 125 Å². The van der Waals surface area contributed by atoms with Crippen molar-refractivity contribution in [2.75, 3.05) is 0 Å². The molecule has 144 valence electrons. The summed E-state index contributed by atoms with van der Waals surface area (Å²) in [6, 6.07) is 0. The van der Waals surface area contributed by atoms with Gasteiger partial charge < -0.3 is 4.74 Å². The fraction of sp³-hybridized carbons (Fsp3) is 0.955. The van der Waals surface area contributed by atoms with Gasteiger partial charge in [0, 0.05) is 6.92 Å². The molecule has 0 bridgehead atoms. The maximum absolute atomic E-state index is 12.0. The predicted molar refractivity (Wildman–Crippen MR) is 105 cm³/mol. The Morgan fingerprint density at radius 3 is 1.92 bits per heavy atom. The van der Waals surface area contributed by atoms with Crippen LogP contribution in [-0.2, 0) is 9.53 Å². The molecular weight excluding hydrogens is 296 g/mol. The van der Waals surface area contributed by atoms with E-state index in [1.54, 1.807) is 6.92 Å². The number of hydrogen-bond acceptors (Lipinski definition) is 2. The molecule has 2 heteroatoms. The van der Waals surface area contributed by atoms with Gasteiger partial charge in [0.2, 0.25) is 0 Å². The maximum atomic E-state index is 12.0. The second-order valence-corrected chi connectivity index (χ2v) is 8.43. The minimum Gasteiger partial charge on any atom is -0.459 e. The Labute approximate surface area is 152 Å². The van der Waals surface area contributed by atoms with Crippen molar-refractivity contribution in [2.24, 2.45) is 11.3 Å². The van der Waals surface area contributed by atoms with E-state index in [1.807, 2.05) is 0 Å². The number of rotatable bonds is 14. The van der Waals surface area contributed by atoms with Crippen LogP contribution in [0.2, 0.25) is 0 Å². The zero-order valence-corrected chi connectivity index (χ0v) is 17.7. The third-order valence-electron chi connectivity index (χ3n) is 5.52. The van der Waals surface area contributed by atoms with E-state index in [-0.39, 0.29) is 17.0 Å². The lowest BCUT2D eigenvalue weighted by molar-refractivity contribution is -0.171. The Bertz CT molecular complexity index is 331. The summed E-state index contributed by atoms with van der Waals surface area (Å²) in [4.78, 5) is 12.0. The quantitative estimate of drug-likeness (QED) is 0.245. The van der Waals surface area contributed by atoms with Gasteiger partial charge in [0.05, 0.1) is 0 Å². The van der Waals surface area contributed by atoms with Crippen molar-refractivity contribution in [1.29, 1.82) is 0 Å². The highest BCUT2D eigenvalue weighted by molar-refractivity contribution is 5.66. The smallest absolute Gasteiger partial charge is 0.303 e. The lowest BCUT2D eigenvalue weighted by atomic mass is 9.68. The summed E-state index contributed by atoms with van der Waals surface area (Å²) >= 11 is 0. The fourth-order valence-corrected chi connectivity index (χ4v) is 4.33. The van der Waals surface area contributed by atoms with Crippen LogP contribution >= 0.6 is 0 Å². The van der Waals surface area contributed by atoms with Crippen LogP contribution in [0, 0.1) is 11.3 Å². The van der Waals surface area contributed by atoms with Gasteiger partial charge in [-0.1, -0.05) is 73.6 Å². The molecule has 0 saturated heterocycles. The van der Waals surface area contributed by atoms with Gasteiger partial charge in [0.15, 0.2) is 0 Å². The summed E-state index contributed by atoms with van der Waals surface area (Å²) in [6.45, 7) is 15.3. The van der Waals surface area contributed by atoms with Crippen molar-refractivity contribution in [3.8, 4) is 0 Å². The third-order valence-corrected chi connectivity index (χ3v) is 5.52. The van der Waals surface area contributed by atoms with Crippen molar-refractivity contribution in [1.82, 2.24) is 0 Å². The summed E-state index contributed by atoms with van der Waals surface area (Å²) in [5, 5.41) is 0. The zero-order chi connectivity index (χ0) is 18.6. The van der Waals surface area contributed by atoms with Gasteiger partial charge in [-0.3, -0.25) is 4.79 Å². The number of ether oxygens (including phenoxy) is 1. The highest BCUT2D eigenvalue weighted by Crippen LogP contribution is 2.44. The number of hydrogen-bond donors (Lipinski definition) is 0. The monoisotopic (exact) mass is 340 g/mol. The minimum atomic E-state index is -0.277. The van der Waals surface area contributed by atoms with Crippen LogP contribution in [0.4, 0.5) is 0 Å². The van der Waals surface area contributed by atoms with E-state index in [1.165, 1.54) is 44.9 Å². The number of carbonyl (C=O) groups excluding carboxylic acids is 1. The van der Waals surface area contributed by atoms with Crippen LogP contribution < -0.4 is 0 Å². The fourth-order valence-electron chi connectivity index (χ4n) is 4.33. The van der Waals surface area contributed by atoms with Gasteiger partial charge in [-0.05, 0) is 49.9 Å². The molecule has 0 fully saturated rings. The summed E-state index contributed by atoms with van der Waals surface area (Å²) < 4.78 is 6.14. The molecule has 0 rings (SSSR count). The molecular formula is C22H44O2. The van der Waals surface area contributed by atoms with Crippen LogP contribution in [0.3, 0.4) is 0 Å². The van der Waals surface area contributed by atoms with Crippen molar-refractivity contribution in [3.63, 3.8) is 0 Å². The average Bonchev–Trinajstić information content (AvgIpc) is 2.49. The van der Waals surface area contributed by atoms with E-state index >= 15 is 0 Å². The average molecular weight is 341 g/mol. The predicted octanol–water partition coefficient (Wildman–Crippen LogP) is 7.30. The number of esters is 1. The summed E-state index contributed by atoms with van der Waals surface area (Å²) in [5.74, 6) is 0.354. The Hall–Kier alpha value is -0.530. The van der Waals surface area contributed by atoms with Crippen LogP contribution in [0.5, 0.6) is 0 Å². The van der Waals surface area contributed by atoms with E-state index in [4.69, 9.17) is 4.74 Å². The van der Waals surface area contributed by atoms with Crippen LogP contribution in [0.25, 0.3) is 0 Å². The van der Waals surface area contributed by atoms with Crippen molar-refractivity contribution in [3.05, 3.63) is 0 Å². The van der Waals surface area contributed by atoms with Gasteiger partial charge in [0.1, 0.15) is 5.60 Å². The van der Waals surface area contributed by atoms with Gasteiger partial charge in [0.25, 0.3) is 0 Å². The lowest BCUT2D eigenvalue weighted by Crippen LogP contribution is -2.45. The molecule has 0 saturated carbocycles. The van der Waals surface area contributed by atoms with E-state index in [0.29, 0.717) is 5.92 Å². The SMILES string of the molecule is CCCCCCC(CC(C)(C)CCCC)(OC(C)=O)C(CC)CC. The molecule has 24 heavy (non-hydrogen) atoms. The largest absolute Gasteiger partial charge is 0.459 e. The first-order valence-electron chi connectivity index (χ1n) is 10.5. The lowest BCUT2D eigenvalue weighted by Gasteiger charge is -2.44. The second kappa shape index (κ2) is 11.9. The normalized spacial score (nSPS) is 14.7. The Morgan fingerprint density at radius 2 is 1.46 bits per heavy atom. The molecule has 1 atom stereocenters. The van der Waals surface area contributed by atoms with Crippen molar-refractivity contribution >= 4 is 5.97 Å². The molecule has 0 amide bonds. The first kappa shape index (κ1) is 23.5. The highest BCUT2D eigenvalue weighted by Gasteiger charge is 2.43. The van der Waals surface area contributed by atoms with Gasteiger partial charge in [-0.25, -0.2) is 0 Å². The van der Waals surface area contributed by atoms with Crippen LogP contribution in [0.1, 0.15) is 119 Å². The Morgan fingerprint density at radius 1 is 0.875 bits per heavy atom. The molecule has 0 aromatic carbocycles. The highest BCUT2D eigenvalue weighted by atomic mass is 16.6. The van der Waals surface area contributed by atoms with E-state index in [9.17, 15) is 4.79 Å². The van der Waals surface area contributed by atoms with E-state index in [2.05, 4.69) is 41.5 Å². The van der Waals surface area contributed by atoms with Crippen molar-refractivity contribution < 1.29 is 9.53 Å². The zero-order valence-electron chi connectivity index (χ0n) is 17.7. The van der Waals surface area contributed by atoms with Gasteiger partial charge in [-0.2, -0.15) is 0 Å². The van der Waals surface area contributed by atoms with Crippen LogP contribution in [-0.4, -0.2) is 11.6 Å². The molecule has 0 radical (unpaired) electrons. The van der Waals surface area contributed by atoms with E-state index < -0.39 is 0 Å². The second-order valence-electron chi connectivity index (χ2n) is 8.43. The molecule has 0 N–H and O–H groups in total.